The summed E-state index contributed by atoms with van der Waals surface area (Å²) in [5.74, 6) is -0.0681. The van der Waals surface area contributed by atoms with Crippen LogP contribution in [0.4, 0.5) is 4.39 Å². The van der Waals surface area contributed by atoms with Crippen LogP contribution in [-0.4, -0.2) is 5.97 Å². The summed E-state index contributed by atoms with van der Waals surface area (Å²) in [5, 5.41) is 0. The van der Waals surface area contributed by atoms with Crippen molar-refractivity contribution in [2.45, 2.75) is 33.8 Å². The van der Waals surface area contributed by atoms with Crippen LogP contribution in [0.2, 0.25) is 0 Å². The lowest BCUT2D eigenvalue weighted by Crippen LogP contribution is -2.08. The molecular weight excluding hydrogens is 283 g/mol. The summed E-state index contributed by atoms with van der Waals surface area (Å²) in [6, 6.07) is 10.3. The predicted molar refractivity (Wildman–Crippen MR) is 82.6 cm³/mol. The molecular formula is C18H19FO3. The number of carbonyl (C=O) groups excluding carboxylic acids is 1. The maximum Gasteiger partial charge on any atom is 0.308 e. The van der Waals surface area contributed by atoms with Gasteiger partial charge in [-0.3, -0.25) is 4.79 Å². The summed E-state index contributed by atoms with van der Waals surface area (Å²) in [5.41, 5.74) is 2.44. The standard InChI is InChI=1S/C18H19FO3/c1-4-14-8-9-17(12(2)10-14)21-11-15-16(19)6-5-7-18(15)22-13(3)20/h5-10H,4,11H2,1-3H3. The molecule has 0 aliphatic heterocycles. The van der Waals surface area contributed by atoms with E-state index in [0.717, 1.165) is 12.0 Å². The average molecular weight is 302 g/mol. The summed E-state index contributed by atoms with van der Waals surface area (Å²) in [6.07, 6.45) is 0.949. The van der Waals surface area contributed by atoms with Crippen molar-refractivity contribution in [2.24, 2.45) is 0 Å². The van der Waals surface area contributed by atoms with E-state index in [9.17, 15) is 9.18 Å². The van der Waals surface area contributed by atoms with Gasteiger partial charge in [-0.2, -0.15) is 0 Å². The van der Waals surface area contributed by atoms with Crippen LogP contribution in [0.15, 0.2) is 36.4 Å². The molecule has 0 aromatic heterocycles. The van der Waals surface area contributed by atoms with Gasteiger partial charge in [0.1, 0.15) is 23.9 Å². The Balaban J connectivity index is 2.19. The van der Waals surface area contributed by atoms with Crippen LogP contribution in [0.3, 0.4) is 0 Å². The number of carbonyl (C=O) groups is 1. The second kappa shape index (κ2) is 7.07. The number of aryl methyl sites for hydroxylation is 2. The fourth-order valence-corrected chi connectivity index (χ4v) is 2.17. The summed E-state index contributed by atoms with van der Waals surface area (Å²) < 4.78 is 24.7. The van der Waals surface area contributed by atoms with E-state index in [1.807, 2.05) is 25.1 Å². The molecule has 0 saturated heterocycles. The molecule has 0 N–H and O–H groups in total. The van der Waals surface area contributed by atoms with Crippen molar-refractivity contribution < 1.29 is 18.7 Å². The third kappa shape index (κ3) is 3.85. The third-order valence-corrected chi connectivity index (χ3v) is 3.35. The maximum absolute atomic E-state index is 14.0. The SMILES string of the molecule is CCc1ccc(OCc2c(F)cccc2OC(C)=O)c(C)c1. The number of ether oxygens (including phenoxy) is 2. The lowest BCUT2D eigenvalue weighted by atomic mass is 10.1. The third-order valence-electron chi connectivity index (χ3n) is 3.35. The van der Waals surface area contributed by atoms with Crippen molar-refractivity contribution in [3.8, 4) is 11.5 Å². The van der Waals surface area contributed by atoms with Crippen LogP contribution >= 0.6 is 0 Å². The fraction of sp³-hybridized carbons (Fsp3) is 0.278. The van der Waals surface area contributed by atoms with E-state index >= 15 is 0 Å². The van der Waals surface area contributed by atoms with Crippen molar-refractivity contribution in [3.05, 3.63) is 58.9 Å². The highest BCUT2D eigenvalue weighted by Gasteiger charge is 2.13. The first-order chi connectivity index (χ1) is 10.5. The Bertz CT molecular complexity index is 680. The van der Waals surface area contributed by atoms with Crippen molar-refractivity contribution >= 4 is 5.97 Å². The fourth-order valence-electron chi connectivity index (χ4n) is 2.17. The molecule has 0 fully saturated rings. The number of hydrogen-bond donors (Lipinski definition) is 0. The Morgan fingerprint density at radius 2 is 1.95 bits per heavy atom. The van der Waals surface area contributed by atoms with Crippen molar-refractivity contribution in [2.75, 3.05) is 0 Å². The van der Waals surface area contributed by atoms with Gasteiger partial charge in [0.2, 0.25) is 0 Å². The van der Waals surface area contributed by atoms with Gasteiger partial charge in [-0.05, 0) is 42.7 Å². The highest BCUT2D eigenvalue weighted by molar-refractivity contribution is 5.69. The summed E-state index contributed by atoms with van der Waals surface area (Å²) in [7, 11) is 0. The smallest absolute Gasteiger partial charge is 0.308 e. The van der Waals surface area contributed by atoms with E-state index in [1.54, 1.807) is 6.07 Å². The van der Waals surface area contributed by atoms with Crippen LogP contribution in [-0.2, 0) is 17.8 Å². The summed E-state index contributed by atoms with van der Waals surface area (Å²) in [4.78, 5) is 11.1. The van der Waals surface area contributed by atoms with Gasteiger partial charge >= 0.3 is 5.97 Å². The van der Waals surface area contributed by atoms with Gasteiger partial charge in [0.15, 0.2) is 0 Å². The van der Waals surface area contributed by atoms with E-state index in [1.165, 1.54) is 24.6 Å². The first-order valence-electron chi connectivity index (χ1n) is 7.19. The molecule has 0 bridgehead atoms. The van der Waals surface area contributed by atoms with E-state index in [4.69, 9.17) is 9.47 Å². The lowest BCUT2D eigenvalue weighted by Gasteiger charge is -2.13. The minimum atomic E-state index is -0.490. The molecule has 0 atom stereocenters. The quantitative estimate of drug-likeness (QED) is 0.613. The molecule has 2 rings (SSSR count). The van der Waals surface area contributed by atoms with E-state index in [-0.39, 0.29) is 17.9 Å². The van der Waals surface area contributed by atoms with Crippen LogP contribution in [0.1, 0.15) is 30.5 Å². The zero-order chi connectivity index (χ0) is 16.1. The molecule has 0 aliphatic rings. The number of esters is 1. The molecule has 0 saturated carbocycles. The molecule has 22 heavy (non-hydrogen) atoms. The van der Waals surface area contributed by atoms with Crippen LogP contribution in [0.5, 0.6) is 11.5 Å². The van der Waals surface area contributed by atoms with Gasteiger partial charge in [0, 0.05) is 6.92 Å². The second-order valence-corrected chi connectivity index (χ2v) is 5.05. The summed E-state index contributed by atoms with van der Waals surface area (Å²) in [6.45, 7) is 5.31. The topological polar surface area (TPSA) is 35.5 Å². The predicted octanol–water partition coefficient (Wildman–Crippen LogP) is 4.20. The van der Waals surface area contributed by atoms with Crippen LogP contribution in [0.25, 0.3) is 0 Å². The Kier molecular flexibility index (Phi) is 5.15. The Hall–Kier alpha value is -2.36. The van der Waals surface area contributed by atoms with Gasteiger partial charge in [-0.1, -0.05) is 25.1 Å². The first-order valence-corrected chi connectivity index (χ1v) is 7.19. The largest absolute Gasteiger partial charge is 0.488 e. The van der Waals surface area contributed by atoms with Gasteiger partial charge in [-0.25, -0.2) is 4.39 Å². The Morgan fingerprint density at radius 3 is 2.59 bits per heavy atom. The zero-order valence-electron chi connectivity index (χ0n) is 13.0. The highest BCUT2D eigenvalue weighted by atomic mass is 19.1. The lowest BCUT2D eigenvalue weighted by molar-refractivity contribution is -0.131. The molecule has 0 heterocycles. The number of rotatable bonds is 5. The second-order valence-electron chi connectivity index (χ2n) is 5.05. The first kappa shape index (κ1) is 16.0. The minimum absolute atomic E-state index is 0.00159. The average Bonchev–Trinajstić information content (AvgIpc) is 2.47. The van der Waals surface area contributed by atoms with Crippen molar-refractivity contribution in [3.63, 3.8) is 0 Å². The molecule has 0 radical (unpaired) electrons. The monoisotopic (exact) mass is 302 g/mol. The molecule has 2 aromatic rings. The number of benzene rings is 2. The number of halogens is 1. The molecule has 0 unspecified atom stereocenters. The van der Waals surface area contributed by atoms with E-state index in [2.05, 4.69) is 6.92 Å². The van der Waals surface area contributed by atoms with E-state index < -0.39 is 11.8 Å². The Labute approximate surface area is 129 Å². The highest BCUT2D eigenvalue weighted by Crippen LogP contribution is 2.26. The van der Waals surface area contributed by atoms with E-state index in [0.29, 0.717) is 5.75 Å². The molecule has 3 nitrogen and oxygen atoms in total. The minimum Gasteiger partial charge on any atom is -0.488 e. The number of hydrogen-bond acceptors (Lipinski definition) is 3. The molecule has 116 valence electrons. The van der Waals surface area contributed by atoms with Crippen LogP contribution in [0, 0.1) is 12.7 Å². The molecule has 0 aliphatic carbocycles. The maximum atomic E-state index is 14.0. The van der Waals surface area contributed by atoms with Gasteiger partial charge < -0.3 is 9.47 Å². The molecule has 2 aromatic carbocycles. The zero-order valence-corrected chi connectivity index (χ0v) is 13.0. The Morgan fingerprint density at radius 1 is 1.18 bits per heavy atom. The van der Waals surface area contributed by atoms with Crippen molar-refractivity contribution in [1.29, 1.82) is 0 Å². The molecule has 0 amide bonds. The van der Waals surface area contributed by atoms with Crippen LogP contribution < -0.4 is 9.47 Å². The van der Waals surface area contributed by atoms with Gasteiger partial charge in [0.05, 0.1) is 5.56 Å². The summed E-state index contributed by atoms with van der Waals surface area (Å²) >= 11 is 0. The molecule has 0 spiro atoms. The van der Waals surface area contributed by atoms with Crippen molar-refractivity contribution in [1.82, 2.24) is 0 Å². The molecule has 4 heteroatoms. The van der Waals surface area contributed by atoms with Gasteiger partial charge in [0.25, 0.3) is 0 Å². The van der Waals surface area contributed by atoms with Gasteiger partial charge in [-0.15, -0.1) is 0 Å². The normalized spacial score (nSPS) is 10.4.